The van der Waals surface area contributed by atoms with Crippen LogP contribution >= 0.6 is 0 Å². The lowest BCUT2D eigenvalue weighted by Crippen LogP contribution is -2.35. The maximum Gasteiger partial charge on any atom is 0.254 e. The largest absolute Gasteiger partial charge is 0.508 e. The van der Waals surface area contributed by atoms with Gasteiger partial charge in [0.2, 0.25) is 0 Å². The SMILES string of the molecule is O=c1[nH]c(-c2ccco2)nc2c1CCN(Cc1ccccc1O)C2. The van der Waals surface area contributed by atoms with Gasteiger partial charge >= 0.3 is 0 Å². The van der Waals surface area contributed by atoms with Gasteiger partial charge in [-0.1, -0.05) is 18.2 Å². The molecule has 3 aromatic rings. The number of hydrogen-bond donors (Lipinski definition) is 2. The predicted molar refractivity (Wildman–Crippen MR) is 88.5 cm³/mol. The van der Waals surface area contributed by atoms with Gasteiger partial charge in [0.1, 0.15) is 5.75 Å². The van der Waals surface area contributed by atoms with Crippen LogP contribution in [0.5, 0.6) is 5.75 Å². The van der Waals surface area contributed by atoms with E-state index < -0.39 is 0 Å². The standard InChI is InChI=1S/C18H17N3O3/c22-15-5-2-1-4-12(15)10-21-8-7-13-14(11-21)19-17(20-18(13)23)16-6-3-9-24-16/h1-6,9,22H,7-8,10-11H2,(H,19,20,23). The van der Waals surface area contributed by atoms with Crippen LogP contribution in [0, 0.1) is 0 Å². The molecule has 0 radical (unpaired) electrons. The third-order valence-corrected chi connectivity index (χ3v) is 4.29. The molecule has 24 heavy (non-hydrogen) atoms. The van der Waals surface area contributed by atoms with E-state index in [0.29, 0.717) is 36.8 Å². The van der Waals surface area contributed by atoms with Crippen LogP contribution in [-0.4, -0.2) is 26.5 Å². The Morgan fingerprint density at radius 3 is 2.92 bits per heavy atom. The first kappa shape index (κ1) is 14.7. The summed E-state index contributed by atoms with van der Waals surface area (Å²) in [6, 6.07) is 10.8. The molecule has 0 atom stereocenters. The molecule has 0 bridgehead atoms. The van der Waals surface area contributed by atoms with E-state index >= 15 is 0 Å². The Morgan fingerprint density at radius 2 is 2.12 bits per heavy atom. The first-order chi connectivity index (χ1) is 11.7. The number of aromatic amines is 1. The van der Waals surface area contributed by atoms with Gasteiger partial charge in [0.25, 0.3) is 5.56 Å². The summed E-state index contributed by atoms with van der Waals surface area (Å²) >= 11 is 0. The summed E-state index contributed by atoms with van der Waals surface area (Å²) in [6.45, 7) is 1.95. The quantitative estimate of drug-likeness (QED) is 0.773. The number of aromatic nitrogens is 2. The highest BCUT2D eigenvalue weighted by Crippen LogP contribution is 2.23. The van der Waals surface area contributed by atoms with E-state index in [2.05, 4.69) is 14.9 Å². The number of benzene rings is 1. The highest BCUT2D eigenvalue weighted by Gasteiger charge is 2.22. The zero-order chi connectivity index (χ0) is 16.5. The second kappa shape index (κ2) is 5.98. The Morgan fingerprint density at radius 1 is 1.25 bits per heavy atom. The van der Waals surface area contributed by atoms with E-state index in [0.717, 1.165) is 23.4 Å². The summed E-state index contributed by atoms with van der Waals surface area (Å²) in [5.74, 6) is 1.29. The number of nitrogens with zero attached hydrogens (tertiary/aromatic N) is 2. The van der Waals surface area contributed by atoms with Crippen LogP contribution in [0.2, 0.25) is 0 Å². The number of para-hydroxylation sites is 1. The topological polar surface area (TPSA) is 82.4 Å². The Hall–Kier alpha value is -2.86. The summed E-state index contributed by atoms with van der Waals surface area (Å²) in [6.07, 6.45) is 2.20. The van der Waals surface area contributed by atoms with Crippen molar-refractivity contribution in [3.8, 4) is 17.3 Å². The van der Waals surface area contributed by atoms with Crippen molar-refractivity contribution in [3.63, 3.8) is 0 Å². The molecule has 0 amide bonds. The second-order valence-electron chi connectivity index (χ2n) is 5.91. The van der Waals surface area contributed by atoms with Crippen LogP contribution in [0.25, 0.3) is 11.6 Å². The lowest BCUT2D eigenvalue weighted by atomic mass is 10.1. The van der Waals surface area contributed by atoms with E-state index in [1.165, 1.54) is 0 Å². The summed E-state index contributed by atoms with van der Waals surface area (Å²) in [5.41, 5.74) is 2.27. The number of rotatable bonds is 3. The van der Waals surface area contributed by atoms with E-state index in [1.54, 1.807) is 30.5 Å². The molecule has 4 rings (SSSR count). The molecule has 0 unspecified atom stereocenters. The number of furan rings is 1. The fraction of sp³-hybridized carbons (Fsp3) is 0.222. The average molecular weight is 323 g/mol. The van der Waals surface area contributed by atoms with Gasteiger partial charge < -0.3 is 14.5 Å². The number of hydrogen-bond acceptors (Lipinski definition) is 5. The minimum absolute atomic E-state index is 0.103. The van der Waals surface area contributed by atoms with Gasteiger partial charge in [-0.15, -0.1) is 0 Å². The smallest absolute Gasteiger partial charge is 0.254 e. The lowest BCUT2D eigenvalue weighted by molar-refractivity contribution is 0.237. The molecule has 2 N–H and O–H groups in total. The second-order valence-corrected chi connectivity index (χ2v) is 5.91. The van der Waals surface area contributed by atoms with Crippen molar-refractivity contribution < 1.29 is 9.52 Å². The Kier molecular flexibility index (Phi) is 3.66. The fourth-order valence-corrected chi connectivity index (χ4v) is 3.04. The molecule has 0 spiro atoms. The minimum atomic E-state index is -0.103. The van der Waals surface area contributed by atoms with Gasteiger partial charge in [0.05, 0.1) is 12.0 Å². The van der Waals surface area contributed by atoms with Crippen molar-refractivity contribution in [1.29, 1.82) is 0 Å². The summed E-state index contributed by atoms with van der Waals surface area (Å²) < 4.78 is 5.32. The van der Waals surface area contributed by atoms with Crippen LogP contribution in [0.1, 0.15) is 16.8 Å². The number of phenols is 1. The Labute approximate surface area is 138 Å². The van der Waals surface area contributed by atoms with E-state index in [-0.39, 0.29) is 5.56 Å². The third kappa shape index (κ3) is 2.72. The first-order valence-corrected chi connectivity index (χ1v) is 7.86. The van der Waals surface area contributed by atoms with Crippen LogP contribution in [-0.2, 0) is 19.5 Å². The van der Waals surface area contributed by atoms with Crippen molar-refractivity contribution in [2.24, 2.45) is 0 Å². The third-order valence-electron chi connectivity index (χ3n) is 4.29. The zero-order valence-electron chi connectivity index (χ0n) is 13.0. The first-order valence-electron chi connectivity index (χ1n) is 7.86. The van der Waals surface area contributed by atoms with Crippen molar-refractivity contribution in [3.05, 3.63) is 69.8 Å². The highest BCUT2D eigenvalue weighted by molar-refractivity contribution is 5.47. The van der Waals surface area contributed by atoms with Gasteiger partial charge in [0, 0.05) is 30.8 Å². The van der Waals surface area contributed by atoms with Crippen LogP contribution in [0.3, 0.4) is 0 Å². The molecule has 1 aliphatic rings. The Bertz CT molecular complexity index is 916. The molecule has 122 valence electrons. The molecular weight excluding hydrogens is 306 g/mol. The lowest BCUT2D eigenvalue weighted by Gasteiger charge is -2.27. The maximum absolute atomic E-state index is 12.3. The number of fused-ring (bicyclic) bond motifs is 1. The molecule has 0 aliphatic carbocycles. The molecule has 1 aliphatic heterocycles. The van der Waals surface area contributed by atoms with Crippen molar-refractivity contribution >= 4 is 0 Å². The predicted octanol–water partition coefficient (Wildman–Crippen LogP) is 2.29. The van der Waals surface area contributed by atoms with Crippen LogP contribution in [0.15, 0.2) is 51.9 Å². The molecule has 1 aromatic carbocycles. The van der Waals surface area contributed by atoms with Crippen LogP contribution < -0.4 is 5.56 Å². The summed E-state index contributed by atoms with van der Waals surface area (Å²) in [4.78, 5) is 21.8. The number of nitrogens with one attached hydrogen (secondary N) is 1. The van der Waals surface area contributed by atoms with Gasteiger partial charge in [-0.25, -0.2) is 4.98 Å². The van der Waals surface area contributed by atoms with E-state index in [9.17, 15) is 9.90 Å². The van der Waals surface area contributed by atoms with Gasteiger partial charge in [-0.05, 0) is 24.6 Å². The van der Waals surface area contributed by atoms with Crippen molar-refractivity contribution in [2.45, 2.75) is 19.5 Å². The van der Waals surface area contributed by atoms with E-state index in [1.807, 2.05) is 12.1 Å². The zero-order valence-corrected chi connectivity index (χ0v) is 13.0. The normalized spacial score (nSPS) is 14.5. The summed E-state index contributed by atoms with van der Waals surface area (Å²) in [7, 11) is 0. The number of aromatic hydroxyl groups is 1. The van der Waals surface area contributed by atoms with E-state index in [4.69, 9.17) is 4.42 Å². The van der Waals surface area contributed by atoms with Gasteiger partial charge in [-0.2, -0.15) is 0 Å². The minimum Gasteiger partial charge on any atom is -0.508 e. The molecule has 6 heteroatoms. The van der Waals surface area contributed by atoms with Gasteiger partial charge in [-0.3, -0.25) is 9.69 Å². The molecular formula is C18H17N3O3. The molecule has 2 aromatic heterocycles. The molecule has 0 saturated carbocycles. The summed E-state index contributed by atoms with van der Waals surface area (Å²) in [5, 5.41) is 9.94. The molecule has 0 saturated heterocycles. The van der Waals surface area contributed by atoms with Crippen molar-refractivity contribution in [2.75, 3.05) is 6.54 Å². The fourth-order valence-electron chi connectivity index (χ4n) is 3.04. The molecule has 3 heterocycles. The Balaban J connectivity index is 1.62. The maximum atomic E-state index is 12.3. The monoisotopic (exact) mass is 323 g/mol. The molecule has 0 fully saturated rings. The average Bonchev–Trinajstić information content (AvgIpc) is 3.11. The number of H-pyrrole nitrogens is 1. The molecule has 6 nitrogen and oxygen atoms in total. The van der Waals surface area contributed by atoms with Gasteiger partial charge in [0.15, 0.2) is 11.6 Å². The van der Waals surface area contributed by atoms with Crippen molar-refractivity contribution in [1.82, 2.24) is 14.9 Å². The number of phenolic OH excluding ortho intramolecular Hbond substituents is 1. The highest BCUT2D eigenvalue weighted by atomic mass is 16.3. The van der Waals surface area contributed by atoms with Crippen LogP contribution in [0.4, 0.5) is 0 Å².